The Hall–Kier alpha value is -3.05. The maximum Gasteiger partial charge on any atom is 0.153 e. The number of aromatic nitrogens is 1. The zero-order valence-corrected chi connectivity index (χ0v) is 10.3. The molecule has 1 aromatic carbocycles. The summed E-state index contributed by atoms with van der Waals surface area (Å²) in [5.74, 6) is 0.470. The Balaban J connectivity index is 2.37. The predicted octanol–water partition coefficient (Wildman–Crippen LogP) is 2.46. The summed E-state index contributed by atoms with van der Waals surface area (Å²) in [4.78, 5) is 4.10. The van der Waals surface area contributed by atoms with Crippen LogP contribution in [0.1, 0.15) is 16.7 Å². The van der Waals surface area contributed by atoms with Gasteiger partial charge in [-0.1, -0.05) is 6.07 Å². The van der Waals surface area contributed by atoms with E-state index in [1.54, 1.807) is 18.2 Å². The summed E-state index contributed by atoms with van der Waals surface area (Å²) >= 11 is 0. The summed E-state index contributed by atoms with van der Waals surface area (Å²) in [6.45, 7) is 1.92. The topological polar surface area (TPSA) is 98.5 Å². The number of hydrogen-bond donors (Lipinski definition) is 2. The van der Waals surface area contributed by atoms with Gasteiger partial charge in [-0.2, -0.15) is 10.5 Å². The van der Waals surface area contributed by atoms with Gasteiger partial charge in [0.25, 0.3) is 0 Å². The molecule has 0 amide bonds. The summed E-state index contributed by atoms with van der Waals surface area (Å²) in [6.07, 6.45) is 1.45. The lowest BCUT2D eigenvalue weighted by atomic mass is 10.1. The molecule has 19 heavy (non-hydrogen) atoms. The minimum absolute atomic E-state index is 0.390. The smallest absolute Gasteiger partial charge is 0.153 e. The second kappa shape index (κ2) is 5.07. The predicted molar refractivity (Wildman–Crippen MR) is 72.5 cm³/mol. The number of anilines is 3. The zero-order chi connectivity index (χ0) is 13.8. The van der Waals surface area contributed by atoms with Crippen LogP contribution >= 0.6 is 0 Å². The van der Waals surface area contributed by atoms with Crippen LogP contribution in [0.2, 0.25) is 0 Å². The molecular weight excluding hydrogens is 238 g/mol. The highest BCUT2D eigenvalue weighted by molar-refractivity contribution is 5.71. The highest BCUT2D eigenvalue weighted by Crippen LogP contribution is 2.24. The van der Waals surface area contributed by atoms with Crippen LogP contribution in [0.25, 0.3) is 0 Å². The van der Waals surface area contributed by atoms with Crippen molar-refractivity contribution in [1.29, 1.82) is 10.5 Å². The van der Waals surface area contributed by atoms with E-state index in [2.05, 4.69) is 16.4 Å². The number of nitrogens with zero attached hydrogens (tertiary/aromatic N) is 3. The molecule has 0 aliphatic carbocycles. The Labute approximate surface area is 110 Å². The van der Waals surface area contributed by atoms with Gasteiger partial charge in [-0.3, -0.25) is 0 Å². The molecule has 1 aromatic heterocycles. The lowest BCUT2D eigenvalue weighted by Crippen LogP contribution is -2.01. The molecule has 0 aliphatic rings. The Kier molecular flexibility index (Phi) is 3.31. The van der Waals surface area contributed by atoms with Gasteiger partial charge in [0.1, 0.15) is 6.07 Å². The third-order valence-corrected chi connectivity index (χ3v) is 2.67. The zero-order valence-electron chi connectivity index (χ0n) is 10.3. The van der Waals surface area contributed by atoms with Crippen molar-refractivity contribution in [2.24, 2.45) is 0 Å². The summed E-state index contributed by atoms with van der Waals surface area (Å²) in [6, 6.07) is 10.9. The van der Waals surface area contributed by atoms with Gasteiger partial charge < -0.3 is 11.1 Å². The average molecular weight is 249 g/mol. The molecule has 5 nitrogen and oxygen atoms in total. The van der Waals surface area contributed by atoms with E-state index < -0.39 is 0 Å². The average Bonchev–Trinajstić information content (AvgIpc) is 2.43. The molecule has 0 atom stereocenters. The van der Waals surface area contributed by atoms with E-state index in [9.17, 15) is 0 Å². The summed E-state index contributed by atoms with van der Waals surface area (Å²) in [5, 5.41) is 20.7. The Morgan fingerprint density at radius 1 is 1.16 bits per heavy atom. The SMILES string of the molecule is Cc1ccc(C#N)cc1Nc1ncc(C#N)cc1N. The van der Waals surface area contributed by atoms with Gasteiger partial charge in [-0.25, -0.2) is 4.98 Å². The molecule has 0 saturated carbocycles. The van der Waals surface area contributed by atoms with Crippen LogP contribution in [-0.4, -0.2) is 4.98 Å². The van der Waals surface area contributed by atoms with Gasteiger partial charge >= 0.3 is 0 Å². The van der Waals surface area contributed by atoms with E-state index in [1.165, 1.54) is 6.20 Å². The fourth-order valence-corrected chi connectivity index (χ4v) is 1.60. The van der Waals surface area contributed by atoms with Crippen molar-refractivity contribution in [3.8, 4) is 12.1 Å². The molecule has 2 rings (SSSR count). The Morgan fingerprint density at radius 3 is 2.53 bits per heavy atom. The molecule has 0 spiro atoms. The molecule has 2 aromatic rings. The first-order valence-corrected chi connectivity index (χ1v) is 5.57. The van der Waals surface area contributed by atoms with Gasteiger partial charge in [0.05, 0.1) is 22.9 Å². The lowest BCUT2D eigenvalue weighted by molar-refractivity contribution is 1.28. The van der Waals surface area contributed by atoms with E-state index in [4.69, 9.17) is 16.3 Å². The Bertz CT molecular complexity index is 707. The number of hydrogen-bond acceptors (Lipinski definition) is 5. The normalized spacial score (nSPS) is 9.42. The fourth-order valence-electron chi connectivity index (χ4n) is 1.60. The van der Waals surface area contributed by atoms with Gasteiger partial charge in [0.2, 0.25) is 0 Å². The van der Waals surface area contributed by atoms with Gasteiger partial charge in [-0.15, -0.1) is 0 Å². The second-order valence-electron chi connectivity index (χ2n) is 4.04. The first-order valence-electron chi connectivity index (χ1n) is 5.57. The molecule has 0 fully saturated rings. The number of pyridine rings is 1. The van der Waals surface area contributed by atoms with E-state index in [0.717, 1.165) is 11.3 Å². The molecule has 0 aliphatic heterocycles. The Morgan fingerprint density at radius 2 is 1.89 bits per heavy atom. The molecular formula is C14H11N5. The van der Waals surface area contributed by atoms with Crippen molar-refractivity contribution in [1.82, 2.24) is 4.98 Å². The highest BCUT2D eigenvalue weighted by atomic mass is 15.0. The van der Waals surface area contributed by atoms with E-state index in [1.807, 2.05) is 19.1 Å². The van der Waals surface area contributed by atoms with E-state index in [-0.39, 0.29) is 0 Å². The van der Waals surface area contributed by atoms with Gasteiger partial charge in [-0.05, 0) is 30.7 Å². The van der Waals surface area contributed by atoms with Crippen molar-refractivity contribution in [3.05, 3.63) is 47.2 Å². The van der Waals surface area contributed by atoms with Crippen LogP contribution < -0.4 is 11.1 Å². The molecule has 3 N–H and O–H groups in total. The van der Waals surface area contributed by atoms with Crippen molar-refractivity contribution >= 4 is 17.2 Å². The summed E-state index contributed by atoms with van der Waals surface area (Å²) in [7, 11) is 0. The van der Waals surface area contributed by atoms with Crippen LogP contribution in [0.15, 0.2) is 30.5 Å². The summed E-state index contributed by atoms with van der Waals surface area (Å²) in [5.41, 5.74) is 8.92. The van der Waals surface area contributed by atoms with Gasteiger partial charge in [0, 0.05) is 11.9 Å². The molecule has 92 valence electrons. The number of nitrogens with two attached hydrogens (primary N) is 1. The van der Waals surface area contributed by atoms with Crippen LogP contribution in [0.4, 0.5) is 17.2 Å². The van der Waals surface area contributed by atoms with E-state index in [0.29, 0.717) is 22.6 Å². The maximum absolute atomic E-state index is 8.89. The highest BCUT2D eigenvalue weighted by Gasteiger charge is 2.06. The summed E-state index contributed by atoms with van der Waals surface area (Å²) < 4.78 is 0. The van der Waals surface area contributed by atoms with Crippen LogP contribution in [-0.2, 0) is 0 Å². The standard InChI is InChI=1S/C14H11N5/c1-9-2-3-10(6-15)5-13(9)19-14-12(17)4-11(7-16)8-18-14/h2-5,8H,17H2,1H3,(H,18,19). The minimum Gasteiger partial charge on any atom is -0.396 e. The minimum atomic E-state index is 0.390. The molecule has 0 radical (unpaired) electrons. The third kappa shape index (κ3) is 2.62. The quantitative estimate of drug-likeness (QED) is 0.851. The second-order valence-corrected chi connectivity index (χ2v) is 4.04. The number of aryl methyl sites for hydroxylation is 1. The van der Waals surface area contributed by atoms with Crippen LogP contribution in [0, 0.1) is 29.6 Å². The van der Waals surface area contributed by atoms with Crippen LogP contribution in [0.3, 0.4) is 0 Å². The number of nitrogens with one attached hydrogen (secondary N) is 1. The van der Waals surface area contributed by atoms with Crippen LogP contribution in [0.5, 0.6) is 0 Å². The monoisotopic (exact) mass is 249 g/mol. The third-order valence-electron chi connectivity index (χ3n) is 2.67. The number of benzene rings is 1. The molecule has 0 saturated heterocycles. The maximum atomic E-state index is 8.89. The molecule has 5 heteroatoms. The largest absolute Gasteiger partial charge is 0.396 e. The molecule has 0 unspecified atom stereocenters. The van der Waals surface area contributed by atoms with Gasteiger partial charge in [0.15, 0.2) is 5.82 Å². The van der Waals surface area contributed by atoms with Crippen molar-refractivity contribution < 1.29 is 0 Å². The number of nitrogen functional groups attached to an aromatic ring is 1. The fraction of sp³-hybridized carbons (Fsp3) is 0.0714. The van der Waals surface area contributed by atoms with Crippen molar-refractivity contribution in [3.63, 3.8) is 0 Å². The molecule has 0 bridgehead atoms. The van der Waals surface area contributed by atoms with Crippen molar-refractivity contribution in [2.75, 3.05) is 11.1 Å². The van der Waals surface area contributed by atoms with E-state index >= 15 is 0 Å². The lowest BCUT2D eigenvalue weighted by Gasteiger charge is -2.11. The molecule has 1 heterocycles. The first kappa shape index (κ1) is 12.4. The number of rotatable bonds is 2. The van der Waals surface area contributed by atoms with Crippen molar-refractivity contribution in [2.45, 2.75) is 6.92 Å². The first-order chi connectivity index (χ1) is 9.13. The number of nitriles is 2.